The van der Waals surface area contributed by atoms with Crippen molar-refractivity contribution in [2.75, 3.05) is 13.0 Å². The van der Waals surface area contributed by atoms with Crippen LogP contribution in [0.3, 0.4) is 0 Å². The summed E-state index contributed by atoms with van der Waals surface area (Å²) in [4.78, 5) is 24.6. The third-order valence-electron chi connectivity index (χ3n) is 2.27. The second-order valence-electron chi connectivity index (χ2n) is 3.71. The molecule has 0 saturated heterocycles. The number of carbonyl (C=O) groups is 2. The zero-order valence-corrected chi connectivity index (χ0v) is 10.2. The van der Waals surface area contributed by atoms with Gasteiger partial charge in [-0.2, -0.15) is 0 Å². The Morgan fingerprint density at radius 1 is 1.19 bits per heavy atom. The summed E-state index contributed by atoms with van der Waals surface area (Å²) in [6.45, 7) is -1.63. The van der Waals surface area contributed by atoms with E-state index in [4.69, 9.17) is 11.2 Å². The van der Waals surface area contributed by atoms with E-state index in [-0.39, 0.29) is 6.29 Å². The quantitative estimate of drug-likeness (QED) is 0.604. The molecule has 1 aliphatic rings. The van der Waals surface area contributed by atoms with E-state index < -0.39 is 18.3 Å². The number of rotatable bonds is 2. The molecule has 0 aliphatic carbocycles. The largest absolute Gasteiger partial charge is 0.305 e. The van der Waals surface area contributed by atoms with Gasteiger partial charge in [0.15, 0.2) is 6.49 Å². The molecule has 16 heavy (non-hydrogen) atoms. The van der Waals surface area contributed by atoms with Crippen molar-refractivity contribution in [2.24, 2.45) is 0 Å². The first kappa shape index (κ1) is 11.4. The standard InChI is InChI=1S/C10H9ClNO3P/c1-16(11,15)6-12-9(13)7-4-2-3-5-8(7)10(12)14/h2-5H,6H2,1H3. The summed E-state index contributed by atoms with van der Waals surface area (Å²) in [5.74, 6) is -0.855. The minimum Gasteiger partial charge on any atom is -0.305 e. The minimum absolute atomic E-state index is 0.221. The molecule has 4 nitrogen and oxygen atoms in total. The van der Waals surface area contributed by atoms with Crippen LogP contribution in [0.1, 0.15) is 20.7 Å². The third kappa shape index (κ3) is 1.91. The Balaban J connectivity index is 2.39. The van der Waals surface area contributed by atoms with Gasteiger partial charge in [0.05, 0.1) is 17.4 Å². The molecule has 1 unspecified atom stereocenters. The molecule has 2 amide bonds. The van der Waals surface area contributed by atoms with Gasteiger partial charge >= 0.3 is 0 Å². The average Bonchev–Trinajstić information content (AvgIpc) is 2.43. The molecule has 0 aromatic heterocycles. The first-order valence-electron chi connectivity index (χ1n) is 4.61. The molecule has 0 N–H and O–H groups in total. The fraction of sp³-hybridized carbons (Fsp3) is 0.200. The normalized spacial score (nSPS) is 18.5. The van der Waals surface area contributed by atoms with E-state index in [9.17, 15) is 14.2 Å². The van der Waals surface area contributed by atoms with E-state index in [1.807, 2.05) is 0 Å². The maximum absolute atomic E-state index is 11.8. The van der Waals surface area contributed by atoms with Gasteiger partial charge in [-0.1, -0.05) is 23.4 Å². The number of halogens is 1. The first-order chi connectivity index (χ1) is 7.40. The maximum atomic E-state index is 11.8. The number of carbonyl (C=O) groups excluding carboxylic acids is 2. The van der Waals surface area contributed by atoms with Crippen molar-refractivity contribution >= 4 is 29.5 Å². The van der Waals surface area contributed by atoms with E-state index in [1.54, 1.807) is 24.3 Å². The molecule has 1 aromatic rings. The molecule has 0 radical (unpaired) electrons. The number of fused-ring (bicyclic) bond motifs is 1. The summed E-state index contributed by atoms with van der Waals surface area (Å²) >= 11 is 5.60. The summed E-state index contributed by atoms with van der Waals surface area (Å²) in [5.41, 5.74) is 0.690. The van der Waals surface area contributed by atoms with Crippen LogP contribution in [-0.4, -0.2) is 29.7 Å². The van der Waals surface area contributed by atoms with E-state index >= 15 is 0 Å². The maximum Gasteiger partial charge on any atom is 0.262 e. The monoisotopic (exact) mass is 257 g/mol. The zero-order valence-electron chi connectivity index (χ0n) is 8.51. The molecule has 1 aromatic carbocycles. The molecule has 0 fully saturated rings. The Morgan fingerprint density at radius 3 is 2.00 bits per heavy atom. The third-order valence-corrected chi connectivity index (χ3v) is 3.38. The Bertz CT molecular complexity index is 488. The molecule has 0 spiro atoms. The van der Waals surface area contributed by atoms with Gasteiger partial charge in [-0.15, -0.1) is 0 Å². The van der Waals surface area contributed by atoms with Gasteiger partial charge < -0.3 is 4.57 Å². The smallest absolute Gasteiger partial charge is 0.262 e. The summed E-state index contributed by atoms with van der Waals surface area (Å²) < 4.78 is 11.4. The van der Waals surface area contributed by atoms with Crippen LogP contribution in [0.25, 0.3) is 0 Å². The minimum atomic E-state index is -2.96. The van der Waals surface area contributed by atoms with Gasteiger partial charge in [0.2, 0.25) is 0 Å². The lowest BCUT2D eigenvalue weighted by Crippen LogP contribution is -2.29. The Labute approximate surface area is 97.4 Å². The van der Waals surface area contributed by atoms with Gasteiger partial charge in [-0.05, 0) is 12.1 Å². The summed E-state index contributed by atoms with van der Waals surface area (Å²) in [7, 11) is 0. The van der Waals surface area contributed by atoms with Crippen molar-refractivity contribution in [2.45, 2.75) is 0 Å². The lowest BCUT2D eigenvalue weighted by molar-refractivity contribution is 0.0680. The van der Waals surface area contributed by atoms with Crippen molar-refractivity contribution < 1.29 is 14.2 Å². The lowest BCUT2D eigenvalue weighted by atomic mass is 10.1. The Morgan fingerprint density at radius 2 is 1.62 bits per heavy atom. The number of hydrogen-bond donors (Lipinski definition) is 0. The van der Waals surface area contributed by atoms with Crippen molar-refractivity contribution in [3.05, 3.63) is 35.4 Å². The van der Waals surface area contributed by atoms with Crippen LogP contribution in [0.2, 0.25) is 0 Å². The van der Waals surface area contributed by atoms with Gasteiger partial charge in [-0.25, -0.2) is 0 Å². The number of amides is 2. The second-order valence-corrected chi connectivity index (χ2v) is 8.11. The number of imide groups is 1. The van der Waals surface area contributed by atoms with Gasteiger partial charge in [0, 0.05) is 6.66 Å². The van der Waals surface area contributed by atoms with E-state index in [0.29, 0.717) is 11.1 Å². The highest BCUT2D eigenvalue weighted by Crippen LogP contribution is 2.48. The topological polar surface area (TPSA) is 54.5 Å². The molecule has 84 valence electrons. The first-order valence-corrected chi connectivity index (χ1v) is 7.86. The van der Waals surface area contributed by atoms with Crippen molar-refractivity contribution in [3.8, 4) is 0 Å². The fourth-order valence-electron chi connectivity index (χ4n) is 1.62. The number of hydrogen-bond acceptors (Lipinski definition) is 3. The summed E-state index contributed by atoms with van der Waals surface area (Å²) in [6.07, 6.45) is -0.221. The number of nitrogens with zero attached hydrogens (tertiary/aromatic N) is 1. The van der Waals surface area contributed by atoms with Gasteiger partial charge in [0.1, 0.15) is 0 Å². The van der Waals surface area contributed by atoms with Crippen LogP contribution >= 0.6 is 17.7 Å². The van der Waals surface area contributed by atoms with Gasteiger partial charge in [0.25, 0.3) is 11.8 Å². The molecule has 0 bridgehead atoms. The van der Waals surface area contributed by atoms with Gasteiger partial charge in [-0.3, -0.25) is 14.5 Å². The predicted octanol–water partition coefficient (Wildman–Crippen LogP) is 2.39. The summed E-state index contributed by atoms with van der Waals surface area (Å²) in [6, 6.07) is 6.51. The van der Waals surface area contributed by atoms with Crippen molar-refractivity contribution in [1.82, 2.24) is 4.90 Å². The van der Waals surface area contributed by atoms with E-state index in [0.717, 1.165) is 4.90 Å². The van der Waals surface area contributed by atoms with Crippen LogP contribution in [0.15, 0.2) is 24.3 Å². The Hall–Kier alpha value is -1.12. The molecule has 0 saturated carbocycles. The lowest BCUT2D eigenvalue weighted by Gasteiger charge is -2.14. The summed E-state index contributed by atoms with van der Waals surface area (Å²) in [5, 5.41) is 0. The van der Waals surface area contributed by atoms with E-state index in [1.165, 1.54) is 6.66 Å². The highest BCUT2D eigenvalue weighted by atomic mass is 35.7. The second kappa shape index (κ2) is 3.72. The molecule has 6 heteroatoms. The highest BCUT2D eigenvalue weighted by Gasteiger charge is 2.37. The van der Waals surface area contributed by atoms with Crippen LogP contribution in [0.5, 0.6) is 0 Å². The molecular formula is C10H9ClNO3P. The molecule has 2 rings (SSSR count). The number of benzene rings is 1. The Kier molecular flexibility index (Phi) is 2.64. The van der Waals surface area contributed by atoms with Crippen LogP contribution in [0, 0.1) is 0 Å². The zero-order chi connectivity index (χ0) is 11.9. The SMILES string of the molecule is CP(=O)(Cl)CN1C(=O)c2ccccc2C1=O. The fourth-order valence-corrected chi connectivity index (χ4v) is 2.70. The predicted molar refractivity (Wildman–Crippen MR) is 61.2 cm³/mol. The van der Waals surface area contributed by atoms with Crippen LogP contribution in [0.4, 0.5) is 0 Å². The molecule has 1 aliphatic heterocycles. The molecule has 1 heterocycles. The highest BCUT2D eigenvalue weighted by molar-refractivity contribution is 7.88. The molecule has 1 atom stereocenters. The molecular weight excluding hydrogens is 249 g/mol. The van der Waals surface area contributed by atoms with Crippen molar-refractivity contribution in [1.29, 1.82) is 0 Å². The van der Waals surface area contributed by atoms with Crippen LogP contribution in [-0.2, 0) is 4.57 Å². The van der Waals surface area contributed by atoms with Crippen LogP contribution < -0.4 is 0 Å². The van der Waals surface area contributed by atoms with Crippen molar-refractivity contribution in [3.63, 3.8) is 0 Å². The average molecular weight is 258 g/mol. The van der Waals surface area contributed by atoms with E-state index in [2.05, 4.69) is 0 Å².